The second-order valence-electron chi connectivity index (χ2n) is 8.63. The molecule has 4 nitrogen and oxygen atoms in total. The number of halogens is 1. The Bertz CT molecular complexity index is 815. The summed E-state index contributed by atoms with van der Waals surface area (Å²) in [7, 11) is 0. The minimum absolute atomic E-state index is 0.0202. The maximum Gasteiger partial charge on any atom is 0.224 e. The van der Waals surface area contributed by atoms with E-state index in [2.05, 4.69) is 39.4 Å². The Morgan fingerprint density at radius 1 is 0.900 bits per heavy atom. The predicted molar refractivity (Wildman–Crippen MR) is 119 cm³/mol. The van der Waals surface area contributed by atoms with Gasteiger partial charge >= 0.3 is 0 Å². The largest absolute Gasteiger partial charge is 0.372 e. The van der Waals surface area contributed by atoms with Gasteiger partial charge in [0.05, 0.1) is 5.92 Å². The van der Waals surface area contributed by atoms with E-state index in [4.69, 9.17) is 0 Å². The van der Waals surface area contributed by atoms with Crippen molar-refractivity contribution in [3.05, 3.63) is 65.5 Å². The van der Waals surface area contributed by atoms with Crippen molar-refractivity contribution in [3.8, 4) is 0 Å². The lowest BCUT2D eigenvalue weighted by Gasteiger charge is -2.32. The second kappa shape index (κ2) is 10.1. The Kier molecular flexibility index (Phi) is 7.00. The van der Waals surface area contributed by atoms with Crippen LogP contribution < -0.4 is 10.2 Å². The molecule has 5 heteroatoms. The molecule has 0 bridgehead atoms. The summed E-state index contributed by atoms with van der Waals surface area (Å²) in [6.07, 6.45) is 5.83. The molecule has 0 saturated carbocycles. The third kappa shape index (κ3) is 5.60. The number of piperidine rings is 2. The lowest BCUT2D eigenvalue weighted by molar-refractivity contribution is -0.126. The number of hydrogen-bond donors (Lipinski definition) is 1. The van der Waals surface area contributed by atoms with E-state index in [1.807, 2.05) is 12.1 Å². The van der Waals surface area contributed by atoms with Crippen LogP contribution in [-0.4, -0.2) is 37.0 Å². The maximum absolute atomic E-state index is 13.1. The highest BCUT2D eigenvalue weighted by atomic mass is 19.1. The molecule has 2 heterocycles. The summed E-state index contributed by atoms with van der Waals surface area (Å²) in [5.41, 5.74) is 3.52. The Hall–Kier alpha value is -2.40. The summed E-state index contributed by atoms with van der Waals surface area (Å²) in [4.78, 5) is 17.5. The Balaban J connectivity index is 1.25. The summed E-state index contributed by atoms with van der Waals surface area (Å²) in [6, 6.07) is 15.3. The van der Waals surface area contributed by atoms with Crippen LogP contribution in [0.5, 0.6) is 0 Å². The number of benzene rings is 2. The summed E-state index contributed by atoms with van der Waals surface area (Å²) >= 11 is 0. The molecular formula is C25H32FN3O. The lowest BCUT2D eigenvalue weighted by atomic mass is 9.96. The first-order valence-electron chi connectivity index (χ1n) is 11.3. The van der Waals surface area contributed by atoms with Crippen LogP contribution in [0.4, 0.5) is 10.1 Å². The molecule has 0 radical (unpaired) electrons. The monoisotopic (exact) mass is 409 g/mol. The van der Waals surface area contributed by atoms with Gasteiger partial charge in [0.25, 0.3) is 0 Å². The average Bonchev–Trinajstić information content (AvgIpc) is 2.80. The van der Waals surface area contributed by atoms with Gasteiger partial charge in [-0.25, -0.2) is 4.39 Å². The second-order valence-corrected chi connectivity index (χ2v) is 8.63. The molecule has 2 aliphatic heterocycles. The minimum Gasteiger partial charge on any atom is -0.372 e. The van der Waals surface area contributed by atoms with Gasteiger partial charge in [0, 0.05) is 38.4 Å². The highest BCUT2D eigenvalue weighted by Gasteiger charge is 2.25. The first kappa shape index (κ1) is 20.9. The molecule has 2 aromatic rings. The van der Waals surface area contributed by atoms with Crippen molar-refractivity contribution in [1.29, 1.82) is 0 Å². The van der Waals surface area contributed by atoms with Gasteiger partial charge in [-0.1, -0.05) is 24.3 Å². The highest BCUT2D eigenvalue weighted by Crippen LogP contribution is 2.21. The first-order chi connectivity index (χ1) is 14.7. The van der Waals surface area contributed by atoms with Gasteiger partial charge in [-0.05, 0) is 74.0 Å². The molecule has 160 valence electrons. The number of anilines is 1. The smallest absolute Gasteiger partial charge is 0.224 e. The van der Waals surface area contributed by atoms with Crippen molar-refractivity contribution < 1.29 is 9.18 Å². The molecule has 2 saturated heterocycles. The molecule has 30 heavy (non-hydrogen) atoms. The van der Waals surface area contributed by atoms with E-state index in [1.54, 1.807) is 0 Å². The Labute approximate surface area is 179 Å². The van der Waals surface area contributed by atoms with Gasteiger partial charge in [-0.2, -0.15) is 0 Å². The van der Waals surface area contributed by atoms with E-state index in [0.29, 0.717) is 6.54 Å². The van der Waals surface area contributed by atoms with Gasteiger partial charge in [-0.3, -0.25) is 9.69 Å². The summed E-state index contributed by atoms with van der Waals surface area (Å²) in [5.74, 6) is -0.0515. The summed E-state index contributed by atoms with van der Waals surface area (Å²) in [6.45, 7) is 5.38. The molecule has 2 aromatic carbocycles. The molecule has 1 amide bonds. The van der Waals surface area contributed by atoms with E-state index < -0.39 is 0 Å². The van der Waals surface area contributed by atoms with Crippen LogP contribution in [0, 0.1) is 11.7 Å². The summed E-state index contributed by atoms with van der Waals surface area (Å²) in [5, 5.41) is 3.13. The van der Waals surface area contributed by atoms with Crippen LogP contribution in [0.3, 0.4) is 0 Å². The normalized spacial score (nSPS) is 20.2. The van der Waals surface area contributed by atoms with Gasteiger partial charge in [0.15, 0.2) is 0 Å². The van der Waals surface area contributed by atoms with Crippen LogP contribution in [0.1, 0.15) is 43.2 Å². The van der Waals surface area contributed by atoms with Crippen molar-refractivity contribution in [2.45, 2.75) is 45.2 Å². The van der Waals surface area contributed by atoms with Crippen LogP contribution in [0.25, 0.3) is 0 Å². The number of amides is 1. The molecule has 0 unspecified atom stereocenters. The van der Waals surface area contributed by atoms with Gasteiger partial charge in [0.1, 0.15) is 5.82 Å². The van der Waals surface area contributed by atoms with Crippen LogP contribution in [-0.2, 0) is 17.9 Å². The van der Waals surface area contributed by atoms with Crippen LogP contribution in [0.2, 0.25) is 0 Å². The van der Waals surface area contributed by atoms with Crippen molar-refractivity contribution in [1.82, 2.24) is 10.2 Å². The zero-order valence-corrected chi connectivity index (χ0v) is 17.7. The van der Waals surface area contributed by atoms with Crippen molar-refractivity contribution in [3.63, 3.8) is 0 Å². The summed E-state index contributed by atoms with van der Waals surface area (Å²) < 4.78 is 13.1. The molecular weight excluding hydrogens is 377 g/mol. The van der Waals surface area contributed by atoms with Gasteiger partial charge in [0.2, 0.25) is 5.91 Å². The third-order valence-electron chi connectivity index (χ3n) is 6.32. The van der Waals surface area contributed by atoms with E-state index in [0.717, 1.165) is 56.7 Å². The average molecular weight is 410 g/mol. The Morgan fingerprint density at radius 3 is 2.33 bits per heavy atom. The minimum atomic E-state index is -0.210. The number of nitrogens with zero attached hydrogens (tertiary/aromatic N) is 2. The molecule has 2 fully saturated rings. The number of likely N-dealkylation sites (tertiary alicyclic amines) is 1. The zero-order valence-electron chi connectivity index (χ0n) is 17.7. The number of rotatable bonds is 6. The molecule has 4 rings (SSSR count). The lowest BCUT2D eigenvalue weighted by Crippen LogP contribution is -2.42. The van der Waals surface area contributed by atoms with Crippen LogP contribution >= 0.6 is 0 Å². The SMILES string of the molecule is O=C(NCc1ccc(N2CCCCC2)cc1)[C@H]1CCCN(Cc2ccc(F)cc2)C1. The molecule has 0 aliphatic carbocycles. The Morgan fingerprint density at radius 2 is 1.60 bits per heavy atom. The molecule has 0 aromatic heterocycles. The number of carbonyl (C=O) groups excluding carboxylic acids is 1. The topological polar surface area (TPSA) is 35.6 Å². The van der Waals surface area contributed by atoms with E-state index in [9.17, 15) is 9.18 Å². The highest BCUT2D eigenvalue weighted by molar-refractivity contribution is 5.79. The maximum atomic E-state index is 13.1. The molecule has 0 spiro atoms. The van der Waals surface area contributed by atoms with Crippen molar-refractivity contribution in [2.75, 3.05) is 31.1 Å². The molecule has 2 aliphatic rings. The first-order valence-corrected chi connectivity index (χ1v) is 11.3. The zero-order chi connectivity index (χ0) is 20.8. The van der Waals surface area contributed by atoms with Crippen molar-refractivity contribution >= 4 is 11.6 Å². The molecule has 1 atom stereocenters. The number of hydrogen-bond acceptors (Lipinski definition) is 3. The standard InChI is InChI=1S/C25H32FN3O/c26-23-10-6-21(7-11-23)18-28-14-4-5-22(19-28)25(30)27-17-20-8-12-24(13-9-20)29-15-2-1-3-16-29/h6-13,22H,1-5,14-19H2,(H,27,30)/t22-/m0/s1. The van der Waals surface area contributed by atoms with Crippen molar-refractivity contribution in [2.24, 2.45) is 5.92 Å². The fourth-order valence-electron chi connectivity index (χ4n) is 4.57. The third-order valence-corrected chi connectivity index (χ3v) is 6.32. The fourth-order valence-corrected chi connectivity index (χ4v) is 4.57. The predicted octanol–water partition coefficient (Wildman–Crippen LogP) is 4.34. The van der Waals surface area contributed by atoms with Crippen LogP contribution in [0.15, 0.2) is 48.5 Å². The number of carbonyl (C=O) groups is 1. The van der Waals surface area contributed by atoms with Gasteiger partial charge in [-0.15, -0.1) is 0 Å². The number of nitrogens with one attached hydrogen (secondary N) is 1. The molecule has 1 N–H and O–H groups in total. The van der Waals surface area contributed by atoms with E-state index in [-0.39, 0.29) is 17.6 Å². The fraction of sp³-hybridized carbons (Fsp3) is 0.480. The van der Waals surface area contributed by atoms with E-state index in [1.165, 1.54) is 37.1 Å². The quantitative estimate of drug-likeness (QED) is 0.771. The van der Waals surface area contributed by atoms with Gasteiger partial charge < -0.3 is 10.2 Å². The van der Waals surface area contributed by atoms with E-state index >= 15 is 0 Å².